The summed E-state index contributed by atoms with van der Waals surface area (Å²) in [5, 5.41) is 0. The second kappa shape index (κ2) is 3.73. The molecule has 54 valence electrons. The average molecular weight is 127 g/mol. The summed E-state index contributed by atoms with van der Waals surface area (Å²) in [7, 11) is 0. The van der Waals surface area contributed by atoms with Gasteiger partial charge in [-0.1, -0.05) is 12.6 Å². The number of rotatable bonds is 4. The molecule has 0 aromatic rings. The molecule has 0 saturated heterocycles. The van der Waals surface area contributed by atoms with Crippen LogP contribution in [0.2, 0.25) is 20.5 Å². The Morgan fingerprint density at radius 3 is 2.33 bits per heavy atom. The maximum absolute atomic E-state index is 5.26. The second-order valence-corrected chi connectivity index (χ2v) is 3.78. The number of hydrogen-bond acceptors (Lipinski definition) is 1. The summed E-state index contributed by atoms with van der Waals surface area (Å²) in [6.07, 6.45) is 1.50. The van der Waals surface area contributed by atoms with E-state index in [0.717, 1.165) is 6.51 Å². The highest BCUT2D eigenvalue weighted by atomic mass is 16.5. The SMILES string of the molecule is C=CCOC[B-](C)(C)C. The van der Waals surface area contributed by atoms with Gasteiger partial charge in [-0.3, -0.25) is 0 Å². The molecule has 0 saturated carbocycles. The summed E-state index contributed by atoms with van der Waals surface area (Å²) in [4.78, 5) is 0. The molecule has 0 bridgehead atoms. The van der Waals surface area contributed by atoms with Gasteiger partial charge in [-0.05, 0) is 0 Å². The normalized spacial score (nSPS) is 11.4. The van der Waals surface area contributed by atoms with Crippen molar-refractivity contribution in [2.75, 3.05) is 13.1 Å². The lowest BCUT2D eigenvalue weighted by Crippen LogP contribution is -2.28. The molecule has 0 aromatic carbocycles. The van der Waals surface area contributed by atoms with Crippen LogP contribution in [0.3, 0.4) is 0 Å². The van der Waals surface area contributed by atoms with E-state index in [9.17, 15) is 0 Å². The van der Waals surface area contributed by atoms with Crippen molar-refractivity contribution in [2.45, 2.75) is 20.5 Å². The first kappa shape index (κ1) is 8.76. The Bertz CT molecular complexity index is 83.4. The maximum atomic E-state index is 5.26. The molecule has 0 atom stereocenters. The zero-order valence-corrected chi connectivity index (χ0v) is 6.68. The second-order valence-electron chi connectivity index (χ2n) is 3.78. The smallest absolute Gasteiger partial charge is 0.0600 e. The molecule has 0 aliphatic heterocycles. The van der Waals surface area contributed by atoms with Crippen LogP contribution in [0.5, 0.6) is 0 Å². The van der Waals surface area contributed by atoms with Crippen molar-refractivity contribution in [1.82, 2.24) is 0 Å². The van der Waals surface area contributed by atoms with Crippen molar-refractivity contribution in [2.24, 2.45) is 0 Å². The van der Waals surface area contributed by atoms with E-state index in [-0.39, 0.29) is 6.15 Å². The van der Waals surface area contributed by atoms with Crippen LogP contribution in [0.15, 0.2) is 12.7 Å². The lowest BCUT2D eigenvalue weighted by Gasteiger charge is -2.21. The van der Waals surface area contributed by atoms with Gasteiger partial charge in [0.15, 0.2) is 0 Å². The average Bonchev–Trinajstić information content (AvgIpc) is 1.63. The van der Waals surface area contributed by atoms with Gasteiger partial charge in [-0.15, -0.1) is 6.58 Å². The van der Waals surface area contributed by atoms with Crippen molar-refractivity contribution >= 4 is 6.15 Å². The molecule has 1 nitrogen and oxygen atoms in total. The predicted molar refractivity (Wildman–Crippen MR) is 44.4 cm³/mol. The van der Waals surface area contributed by atoms with Gasteiger partial charge in [0, 0.05) is 6.15 Å². The summed E-state index contributed by atoms with van der Waals surface area (Å²) in [5.74, 6) is 0. The van der Waals surface area contributed by atoms with E-state index in [2.05, 4.69) is 27.0 Å². The van der Waals surface area contributed by atoms with Gasteiger partial charge in [0.1, 0.15) is 0 Å². The predicted octanol–water partition coefficient (Wildman–Crippen LogP) is 2.07. The highest BCUT2D eigenvalue weighted by Gasteiger charge is 2.03. The minimum absolute atomic E-state index is 0.280. The molecular weight excluding hydrogens is 111 g/mol. The Morgan fingerprint density at radius 2 is 2.00 bits per heavy atom. The van der Waals surface area contributed by atoms with Crippen molar-refractivity contribution in [3.8, 4) is 0 Å². The van der Waals surface area contributed by atoms with Gasteiger partial charge in [-0.2, -0.15) is 20.5 Å². The van der Waals surface area contributed by atoms with Crippen LogP contribution in [-0.4, -0.2) is 19.3 Å². The third-order valence-electron chi connectivity index (χ3n) is 0.854. The Kier molecular flexibility index (Phi) is 3.63. The molecule has 9 heavy (non-hydrogen) atoms. The van der Waals surface area contributed by atoms with Crippen LogP contribution in [-0.2, 0) is 4.74 Å². The minimum atomic E-state index is -0.280. The van der Waals surface area contributed by atoms with E-state index in [4.69, 9.17) is 4.74 Å². The summed E-state index contributed by atoms with van der Waals surface area (Å²) in [6.45, 7) is 11.7. The highest BCUT2D eigenvalue weighted by molar-refractivity contribution is 6.76. The lowest BCUT2D eigenvalue weighted by atomic mass is 9.31. The van der Waals surface area contributed by atoms with Crippen molar-refractivity contribution in [3.63, 3.8) is 0 Å². The van der Waals surface area contributed by atoms with Crippen LogP contribution in [0.25, 0.3) is 0 Å². The van der Waals surface area contributed by atoms with Gasteiger partial charge >= 0.3 is 0 Å². The zero-order chi connectivity index (χ0) is 7.33. The zero-order valence-electron chi connectivity index (χ0n) is 6.68. The van der Waals surface area contributed by atoms with E-state index >= 15 is 0 Å². The Labute approximate surface area is 58.0 Å². The van der Waals surface area contributed by atoms with Gasteiger partial charge in [-0.25, -0.2) is 0 Å². The molecule has 0 unspecified atom stereocenters. The molecule has 0 amide bonds. The molecule has 0 aromatic heterocycles. The van der Waals surface area contributed by atoms with Crippen molar-refractivity contribution in [1.29, 1.82) is 0 Å². The third kappa shape index (κ3) is 7.76. The summed E-state index contributed by atoms with van der Waals surface area (Å²) < 4.78 is 5.26. The molecule has 2 heteroatoms. The minimum Gasteiger partial charge on any atom is -0.415 e. The summed E-state index contributed by atoms with van der Waals surface area (Å²) >= 11 is 0. The van der Waals surface area contributed by atoms with Crippen LogP contribution >= 0.6 is 0 Å². The molecule has 0 N–H and O–H groups in total. The van der Waals surface area contributed by atoms with Gasteiger partial charge in [0.2, 0.25) is 0 Å². The molecule has 0 heterocycles. The van der Waals surface area contributed by atoms with Crippen LogP contribution < -0.4 is 0 Å². The van der Waals surface area contributed by atoms with Gasteiger partial charge in [0.05, 0.1) is 6.61 Å². The van der Waals surface area contributed by atoms with E-state index in [1.807, 2.05) is 0 Å². The highest BCUT2D eigenvalue weighted by Crippen LogP contribution is 1.99. The molecule has 0 radical (unpaired) electrons. The standard InChI is InChI=1S/C7H16BO/c1-5-6-9-7-8(2,3)4/h5H,1,6-7H2,2-4H3/q-1. The lowest BCUT2D eigenvalue weighted by molar-refractivity contribution is 0.206. The summed E-state index contributed by atoms with van der Waals surface area (Å²) in [6, 6.07) is 0. The third-order valence-corrected chi connectivity index (χ3v) is 0.854. The first-order valence-electron chi connectivity index (χ1n) is 3.53. The monoisotopic (exact) mass is 127 g/mol. The first-order chi connectivity index (χ1) is 4.06. The fraction of sp³-hybridized carbons (Fsp3) is 0.714. The van der Waals surface area contributed by atoms with Gasteiger partial charge in [0.25, 0.3) is 0 Å². The van der Waals surface area contributed by atoms with Crippen LogP contribution in [0.1, 0.15) is 0 Å². The van der Waals surface area contributed by atoms with E-state index in [1.165, 1.54) is 0 Å². The Morgan fingerprint density at radius 1 is 1.44 bits per heavy atom. The number of ether oxygens (including phenoxy) is 1. The first-order valence-corrected chi connectivity index (χ1v) is 3.53. The number of hydrogen-bond donors (Lipinski definition) is 0. The largest absolute Gasteiger partial charge is 0.415 e. The molecule has 0 fully saturated rings. The van der Waals surface area contributed by atoms with Crippen LogP contribution in [0, 0.1) is 0 Å². The fourth-order valence-electron chi connectivity index (χ4n) is 0.505. The van der Waals surface area contributed by atoms with Gasteiger partial charge < -0.3 is 4.74 Å². The van der Waals surface area contributed by atoms with E-state index in [1.54, 1.807) is 6.08 Å². The fourth-order valence-corrected chi connectivity index (χ4v) is 0.505. The summed E-state index contributed by atoms with van der Waals surface area (Å²) in [5.41, 5.74) is 0. The van der Waals surface area contributed by atoms with E-state index in [0.29, 0.717) is 6.61 Å². The molecule has 0 aliphatic rings. The molecular formula is C7H16BO-. The molecule has 0 rings (SSSR count). The Balaban J connectivity index is 3.17. The topological polar surface area (TPSA) is 9.23 Å². The van der Waals surface area contributed by atoms with E-state index < -0.39 is 0 Å². The maximum Gasteiger partial charge on any atom is 0.0600 e. The molecule has 0 spiro atoms. The quantitative estimate of drug-likeness (QED) is 0.319. The van der Waals surface area contributed by atoms with Crippen molar-refractivity contribution < 1.29 is 4.74 Å². The Hall–Kier alpha value is -0.235. The molecule has 0 aliphatic carbocycles. The van der Waals surface area contributed by atoms with Crippen molar-refractivity contribution in [3.05, 3.63) is 12.7 Å². The van der Waals surface area contributed by atoms with Crippen LogP contribution in [0.4, 0.5) is 0 Å².